The fraction of sp³-hybridized carbons (Fsp3) is 0.0588. The second-order valence-electron chi connectivity index (χ2n) is 5.19. The molecule has 3 rings (SSSR count). The van der Waals surface area contributed by atoms with Gasteiger partial charge in [-0.05, 0) is 37.3 Å². The van der Waals surface area contributed by atoms with Gasteiger partial charge >= 0.3 is 0 Å². The molecule has 1 heterocycles. The Labute approximate surface area is 152 Å². The highest BCUT2D eigenvalue weighted by Gasteiger charge is 2.11. The number of rotatable bonds is 4. The second kappa shape index (κ2) is 7.21. The first kappa shape index (κ1) is 17.4. The number of benzene rings is 2. The van der Waals surface area contributed by atoms with E-state index in [4.69, 9.17) is 23.2 Å². The molecule has 128 valence electrons. The van der Waals surface area contributed by atoms with Crippen molar-refractivity contribution >= 4 is 46.3 Å². The van der Waals surface area contributed by atoms with E-state index in [1.807, 2.05) is 0 Å². The molecule has 2 aromatic carbocycles. The lowest BCUT2D eigenvalue weighted by Gasteiger charge is -2.12. The van der Waals surface area contributed by atoms with E-state index in [-0.39, 0.29) is 11.6 Å². The van der Waals surface area contributed by atoms with E-state index in [9.17, 15) is 8.78 Å². The summed E-state index contributed by atoms with van der Waals surface area (Å²) in [4.78, 5) is 8.35. The summed E-state index contributed by atoms with van der Waals surface area (Å²) in [6.07, 6.45) is 0. The topological polar surface area (TPSA) is 49.8 Å². The van der Waals surface area contributed by atoms with Crippen molar-refractivity contribution in [2.24, 2.45) is 0 Å². The van der Waals surface area contributed by atoms with Crippen LogP contribution in [0.5, 0.6) is 0 Å². The summed E-state index contributed by atoms with van der Waals surface area (Å²) in [5, 5.41) is 6.51. The van der Waals surface area contributed by atoms with Crippen LogP contribution in [0, 0.1) is 18.6 Å². The Kier molecular flexibility index (Phi) is 5.01. The smallest absolute Gasteiger partial charge is 0.229 e. The lowest BCUT2D eigenvalue weighted by Crippen LogP contribution is -2.05. The van der Waals surface area contributed by atoms with Crippen molar-refractivity contribution < 1.29 is 8.78 Å². The van der Waals surface area contributed by atoms with Crippen LogP contribution in [0.15, 0.2) is 42.5 Å². The molecule has 3 aromatic rings. The number of anilines is 4. The molecule has 0 saturated carbocycles. The maximum Gasteiger partial charge on any atom is 0.229 e. The van der Waals surface area contributed by atoms with Gasteiger partial charge in [-0.1, -0.05) is 29.3 Å². The molecular weight excluding hydrogens is 369 g/mol. The lowest BCUT2D eigenvalue weighted by molar-refractivity contribution is 0.590. The van der Waals surface area contributed by atoms with Crippen molar-refractivity contribution in [3.05, 3.63) is 69.8 Å². The molecule has 4 nitrogen and oxygen atoms in total. The molecule has 0 saturated heterocycles. The van der Waals surface area contributed by atoms with Crippen molar-refractivity contribution in [1.29, 1.82) is 0 Å². The SMILES string of the molecule is Cc1cc(Nc2ccc(Cl)cc2Cl)nc(Nc2c(F)cccc2F)n1. The average molecular weight is 381 g/mol. The highest BCUT2D eigenvalue weighted by atomic mass is 35.5. The first-order valence-electron chi connectivity index (χ1n) is 7.21. The lowest BCUT2D eigenvalue weighted by atomic mass is 10.3. The Morgan fingerprint density at radius 3 is 2.32 bits per heavy atom. The van der Waals surface area contributed by atoms with Crippen molar-refractivity contribution in [2.45, 2.75) is 6.92 Å². The van der Waals surface area contributed by atoms with Gasteiger partial charge < -0.3 is 10.6 Å². The van der Waals surface area contributed by atoms with E-state index < -0.39 is 11.6 Å². The van der Waals surface area contributed by atoms with Crippen LogP contribution in [-0.4, -0.2) is 9.97 Å². The number of hydrogen-bond acceptors (Lipinski definition) is 4. The minimum absolute atomic E-state index is 0.0524. The first-order chi connectivity index (χ1) is 11.9. The van der Waals surface area contributed by atoms with Crippen LogP contribution in [0.1, 0.15) is 5.69 Å². The van der Waals surface area contributed by atoms with E-state index >= 15 is 0 Å². The van der Waals surface area contributed by atoms with Crippen LogP contribution in [0.4, 0.5) is 31.9 Å². The number of halogens is 4. The van der Waals surface area contributed by atoms with Gasteiger partial charge in [0.15, 0.2) is 0 Å². The number of hydrogen-bond donors (Lipinski definition) is 2. The van der Waals surface area contributed by atoms with Gasteiger partial charge in [-0.3, -0.25) is 0 Å². The summed E-state index contributed by atoms with van der Waals surface area (Å²) in [7, 11) is 0. The molecule has 1 aromatic heterocycles. The number of nitrogens with zero attached hydrogens (tertiary/aromatic N) is 2. The summed E-state index contributed by atoms with van der Waals surface area (Å²) in [5.41, 5.74) is 0.873. The molecule has 0 bridgehead atoms. The van der Waals surface area contributed by atoms with Crippen molar-refractivity contribution in [2.75, 3.05) is 10.6 Å². The van der Waals surface area contributed by atoms with Gasteiger partial charge in [0.1, 0.15) is 23.1 Å². The molecule has 0 aliphatic carbocycles. The zero-order chi connectivity index (χ0) is 18.0. The van der Waals surface area contributed by atoms with E-state index in [0.29, 0.717) is 27.2 Å². The molecule has 0 amide bonds. The van der Waals surface area contributed by atoms with Crippen LogP contribution in [0.3, 0.4) is 0 Å². The third kappa shape index (κ3) is 4.15. The summed E-state index contributed by atoms with van der Waals surface area (Å²) in [6, 6.07) is 10.2. The molecule has 0 radical (unpaired) electrons. The molecule has 0 spiro atoms. The zero-order valence-corrected chi connectivity index (χ0v) is 14.5. The Bertz CT molecular complexity index is 914. The third-order valence-corrected chi connectivity index (χ3v) is 3.80. The minimum Gasteiger partial charge on any atom is -0.339 e. The predicted octanol–water partition coefficient (Wildman–Crippen LogP) is 5.86. The van der Waals surface area contributed by atoms with Crippen LogP contribution in [-0.2, 0) is 0 Å². The molecule has 0 unspecified atom stereocenters. The van der Waals surface area contributed by atoms with Gasteiger partial charge in [0.2, 0.25) is 5.95 Å². The number of para-hydroxylation sites is 1. The highest BCUT2D eigenvalue weighted by molar-refractivity contribution is 6.36. The van der Waals surface area contributed by atoms with Gasteiger partial charge in [0.05, 0.1) is 10.7 Å². The number of nitrogens with one attached hydrogen (secondary N) is 2. The maximum absolute atomic E-state index is 13.8. The summed E-state index contributed by atoms with van der Waals surface area (Å²) in [6.45, 7) is 1.74. The molecule has 25 heavy (non-hydrogen) atoms. The maximum atomic E-state index is 13.8. The van der Waals surface area contributed by atoms with Crippen molar-refractivity contribution in [1.82, 2.24) is 9.97 Å². The van der Waals surface area contributed by atoms with Gasteiger partial charge in [0, 0.05) is 16.8 Å². The van der Waals surface area contributed by atoms with E-state index in [1.54, 1.807) is 31.2 Å². The first-order valence-corrected chi connectivity index (χ1v) is 7.97. The Balaban J connectivity index is 1.90. The standard InChI is InChI=1S/C17H12Cl2F2N4/c1-9-7-15(23-14-6-5-10(18)8-11(14)19)24-17(22-9)25-16-12(20)3-2-4-13(16)21/h2-8H,1H3,(H2,22,23,24,25). The van der Waals surface area contributed by atoms with Crippen LogP contribution in [0.2, 0.25) is 10.0 Å². The van der Waals surface area contributed by atoms with Gasteiger partial charge in [-0.25, -0.2) is 13.8 Å². The number of aryl methyl sites for hydroxylation is 1. The molecule has 0 atom stereocenters. The predicted molar refractivity (Wildman–Crippen MR) is 96.2 cm³/mol. The molecule has 2 N–H and O–H groups in total. The second-order valence-corrected chi connectivity index (χ2v) is 6.03. The quantitative estimate of drug-likeness (QED) is 0.595. The fourth-order valence-electron chi connectivity index (χ4n) is 2.15. The fourth-order valence-corrected chi connectivity index (χ4v) is 2.60. The summed E-state index contributed by atoms with van der Waals surface area (Å²) >= 11 is 12.0. The normalized spacial score (nSPS) is 10.6. The van der Waals surface area contributed by atoms with Crippen LogP contribution < -0.4 is 10.6 Å². The van der Waals surface area contributed by atoms with Gasteiger partial charge in [-0.15, -0.1) is 0 Å². The Hall–Kier alpha value is -2.44. The molecule has 8 heteroatoms. The van der Waals surface area contributed by atoms with Crippen molar-refractivity contribution in [3.8, 4) is 0 Å². The third-order valence-electron chi connectivity index (χ3n) is 3.25. The summed E-state index contributed by atoms with van der Waals surface area (Å²) < 4.78 is 27.5. The Morgan fingerprint density at radius 1 is 0.920 bits per heavy atom. The molecule has 0 aliphatic heterocycles. The van der Waals surface area contributed by atoms with E-state index in [1.165, 1.54) is 6.07 Å². The largest absolute Gasteiger partial charge is 0.339 e. The molecular formula is C17H12Cl2F2N4. The van der Waals surface area contributed by atoms with Crippen LogP contribution in [0.25, 0.3) is 0 Å². The van der Waals surface area contributed by atoms with E-state index in [0.717, 1.165) is 12.1 Å². The minimum atomic E-state index is -0.736. The van der Waals surface area contributed by atoms with Crippen LogP contribution >= 0.6 is 23.2 Å². The highest BCUT2D eigenvalue weighted by Crippen LogP contribution is 2.28. The summed E-state index contributed by atoms with van der Waals surface area (Å²) in [5.74, 6) is -1.01. The molecule has 0 aliphatic rings. The average Bonchev–Trinajstić information content (AvgIpc) is 2.53. The van der Waals surface area contributed by atoms with Gasteiger partial charge in [0.25, 0.3) is 0 Å². The van der Waals surface area contributed by atoms with Gasteiger partial charge in [-0.2, -0.15) is 4.98 Å². The monoisotopic (exact) mass is 380 g/mol. The molecule has 0 fully saturated rings. The van der Waals surface area contributed by atoms with E-state index in [2.05, 4.69) is 20.6 Å². The number of aromatic nitrogens is 2. The zero-order valence-electron chi connectivity index (χ0n) is 12.9. The van der Waals surface area contributed by atoms with Crippen molar-refractivity contribution in [3.63, 3.8) is 0 Å². The Morgan fingerprint density at radius 2 is 1.64 bits per heavy atom.